The van der Waals surface area contributed by atoms with Crippen LogP contribution in [0.25, 0.3) is 10.9 Å². The van der Waals surface area contributed by atoms with E-state index in [0.29, 0.717) is 0 Å². The van der Waals surface area contributed by atoms with Gasteiger partial charge in [0.15, 0.2) is 0 Å². The number of pyridine rings is 1. The van der Waals surface area contributed by atoms with Gasteiger partial charge in [0.05, 0.1) is 0 Å². The van der Waals surface area contributed by atoms with Gasteiger partial charge in [-0.3, -0.25) is 0 Å². The van der Waals surface area contributed by atoms with Gasteiger partial charge in [-0.25, -0.2) is 4.98 Å². The summed E-state index contributed by atoms with van der Waals surface area (Å²) in [4.78, 5) is 7.30. The number of hydrogen-bond acceptors (Lipinski definition) is 1. The van der Waals surface area contributed by atoms with Crippen LogP contribution in [0.4, 0.5) is 0 Å². The maximum absolute atomic E-state index is 4.14. The summed E-state index contributed by atoms with van der Waals surface area (Å²) in [5, 5.41) is 1.19. The Balaban J connectivity index is 0.000000396. The molecule has 0 radical (unpaired) electrons. The average molecular weight is 241 g/mol. The first-order chi connectivity index (χ1) is 6.27. The number of aromatic amines is 1. The van der Waals surface area contributed by atoms with E-state index in [4.69, 9.17) is 0 Å². The van der Waals surface area contributed by atoms with Crippen LogP contribution in [0.5, 0.6) is 0 Å². The highest BCUT2D eigenvalue weighted by atomic mass is 79.9. The smallest absolute Gasteiger partial charge is 0.108 e. The second-order valence-corrected chi connectivity index (χ2v) is 3.34. The molecule has 0 amide bonds. The molecule has 0 aliphatic carbocycles. The molecule has 2 heterocycles. The van der Waals surface area contributed by atoms with Gasteiger partial charge in [0.2, 0.25) is 0 Å². The van der Waals surface area contributed by atoms with Gasteiger partial charge < -0.3 is 4.98 Å². The molecule has 0 aromatic carbocycles. The van der Waals surface area contributed by atoms with Gasteiger partial charge in [0, 0.05) is 23.3 Å². The molecule has 0 saturated heterocycles. The van der Waals surface area contributed by atoms with Crippen LogP contribution in [0.15, 0.2) is 23.1 Å². The van der Waals surface area contributed by atoms with Crippen LogP contribution in [0.1, 0.15) is 19.4 Å². The Morgan fingerprint density at radius 1 is 1.38 bits per heavy atom. The molecule has 3 heteroatoms. The fourth-order valence-corrected chi connectivity index (χ4v) is 1.46. The largest absolute Gasteiger partial charge is 0.361 e. The van der Waals surface area contributed by atoms with Crippen molar-refractivity contribution in [3.8, 4) is 0 Å². The number of aryl methyl sites for hydroxylation is 1. The van der Waals surface area contributed by atoms with E-state index in [1.54, 1.807) is 0 Å². The second-order valence-electron chi connectivity index (χ2n) is 2.52. The Morgan fingerprint density at radius 3 is 2.77 bits per heavy atom. The van der Waals surface area contributed by atoms with E-state index in [1.807, 2.05) is 32.3 Å². The number of fused-ring (bicyclic) bond motifs is 1. The first-order valence-electron chi connectivity index (χ1n) is 4.36. The Labute approximate surface area is 86.5 Å². The summed E-state index contributed by atoms with van der Waals surface area (Å²) in [6.07, 6.45) is 3.85. The van der Waals surface area contributed by atoms with Crippen molar-refractivity contribution >= 4 is 26.8 Å². The molecule has 0 bridgehead atoms. The quantitative estimate of drug-likeness (QED) is 0.700. The van der Waals surface area contributed by atoms with Crippen LogP contribution in [-0.4, -0.2) is 9.97 Å². The molecule has 1 N–H and O–H groups in total. The molecule has 0 spiro atoms. The molecule has 2 aromatic heterocycles. The topological polar surface area (TPSA) is 28.7 Å². The Morgan fingerprint density at radius 2 is 2.08 bits per heavy atom. The van der Waals surface area contributed by atoms with E-state index in [9.17, 15) is 0 Å². The number of halogens is 1. The predicted octanol–water partition coefficient (Wildman–Crippen LogP) is 3.66. The minimum absolute atomic E-state index is 0.867. The zero-order valence-corrected chi connectivity index (χ0v) is 9.64. The fourth-order valence-electron chi connectivity index (χ4n) is 1.13. The Hall–Kier alpha value is -0.830. The molecule has 0 unspecified atom stereocenters. The van der Waals surface area contributed by atoms with E-state index in [-0.39, 0.29) is 0 Å². The summed E-state index contributed by atoms with van der Waals surface area (Å²) in [5.41, 5.74) is 2.37. The van der Waals surface area contributed by atoms with Gasteiger partial charge in [-0.15, -0.1) is 0 Å². The highest BCUT2D eigenvalue weighted by Gasteiger charge is 1.98. The molecule has 0 atom stereocenters. The molecule has 0 aliphatic rings. The number of H-pyrrole nitrogens is 1. The van der Waals surface area contributed by atoms with Gasteiger partial charge in [0.1, 0.15) is 4.60 Å². The highest BCUT2D eigenvalue weighted by Crippen LogP contribution is 2.18. The van der Waals surface area contributed by atoms with E-state index >= 15 is 0 Å². The number of hydrogen-bond donors (Lipinski definition) is 1. The van der Waals surface area contributed by atoms with E-state index < -0.39 is 0 Å². The lowest BCUT2D eigenvalue weighted by molar-refractivity contribution is 1.30. The molecule has 0 aliphatic heterocycles. The van der Waals surface area contributed by atoms with Gasteiger partial charge in [-0.05, 0) is 34.5 Å². The van der Waals surface area contributed by atoms with Crippen molar-refractivity contribution in [2.24, 2.45) is 0 Å². The lowest BCUT2D eigenvalue weighted by Crippen LogP contribution is -1.74. The molecular formula is C10H13BrN2. The average Bonchev–Trinajstić information content (AvgIpc) is 2.51. The summed E-state index contributed by atoms with van der Waals surface area (Å²) in [5.74, 6) is 0. The molecule has 2 rings (SSSR count). The van der Waals surface area contributed by atoms with Gasteiger partial charge >= 0.3 is 0 Å². The van der Waals surface area contributed by atoms with Crippen molar-refractivity contribution in [3.63, 3.8) is 0 Å². The van der Waals surface area contributed by atoms with Crippen molar-refractivity contribution in [1.29, 1.82) is 0 Å². The number of nitrogens with zero attached hydrogens (tertiary/aromatic N) is 1. The summed E-state index contributed by atoms with van der Waals surface area (Å²) < 4.78 is 0.867. The monoisotopic (exact) mass is 240 g/mol. The van der Waals surface area contributed by atoms with Crippen molar-refractivity contribution < 1.29 is 0 Å². The van der Waals surface area contributed by atoms with Crippen molar-refractivity contribution in [1.82, 2.24) is 9.97 Å². The molecular weight excluding hydrogens is 228 g/mol. The Kier molecular flexibility index (Phi) is 3.48. The van der Waals surface area contributed by atoms with Gasteiger partial charge in [-0.2, -0.15) is 0 Å². The number of aromatic nitrogens is 2. The van der Waals surface area contributed by atoms with Crippen LogP contribution in [0, 0.1) is 6.92 Å². The normalized spacial score (nSPS) is 9.54. The first kappa shape index (κ1) is 10.3. The maximum atomic E-state index is 4.14. The highest BCUT2D eigenvalue weighted by molar-refractivity contribution is 9.10. The maximum Gasteiger partial charge on any atom is 0.108 e. The zero-order chi connectivity index (χ0) is 9.84. The first-order valence-corrected chi connectivity index (χ1v) is 5.16. The fraction of sp³-hybridized carbons (Fsp3) is 0.300. The van der Waals surface area contributed by atoms with E-state index in [0.717, 1.165) is 10.1 Å². The summed E-state index contributed by atoms with van der Waals surface area (Å²) in [6.45, 7) is 6.06. The third-order valence-electron chi connectivity index (χ3n) is 1.74. The SMILES string of the molecule is CC.Cc1c[nH]c2cc(Br)ncc12. The molecule has 2 nitrogen and oxygen atoms in total. The summed E-state index contributed by atoms with van der Waals surface area (Å²) in [6, 6.07) is 1.97. The molecule has 0 fully saturated rings. The van der Waals surface area contributed by atoms with Crippen LogP contribution in [-0.2, 0) is 0 Å². The standard InChI is InChI=1S/C8H7BrN2.C2H6/c1-5-3-10-7-2-8(9)11-4-6(5)7;1-2/h2-4,10H,1H3;1-2H3. The van der Waals surface area contributed by atoms with Crippen LogP contribution in [0.2, 0.25) is 0 Å². The minimum atomic E-state index is 0.867. The number of nitrogens with one attached hydrogen (secondary N) is 1. The van der Waals surface area contributed by atoms with Gasteiger partial charge in [0.25, 0.3) is 0 Å². The van der Waals surface area contributed by atoms with Crippen molar-refractivity contribution in [2.75, 3.05) is 0 Å². The summed E-state index contributed by atoms with van der Waals surface area (Å²) in [7, 11) is 0. The van der Waals surface area contributed by atoms with E-state index in [1.165, 1.54) is 10.9 Å². The number of rotatable bonds is 0. The molecule has 2 aromatic rings. The molecule has 13 heavy (non-hydrogen) atoms. The van der Waals surface area contributed by atoms with Gasteiger partial charge in [-0.1, -0.05) is 13.8 Å². The molecule has 70 valence electrons. The van der Waals surface area contributed by atoms with Crippen molar-refractivity contribution in [2.45, 2.75) is 20.8 Å². The van der Waals surface area contributed by atoms with Crippen LogP contribution < -0.4 is 0 Å². The lowest BCUT2D eigenvalue weighted by atomic mass is 10.2. The van der Waals surface area contributed by atoms with Crippen LogP contribution in [0.3, 0.4) is 0 Å². The third-order valence-corrected chi connectivity index (χ3v) is 2.17. The van der Waals surface area contributed by atoms with E-state index in [2.05, 4.69) is 32.8 Å². The minimum Gasteiger partial charge on any atom is -0.361 e. The predicted molar refractivity (Wildman–Crippen MR) is 59.9 cm³/mol. The third kappa shape index (κ3) is 2.10. The van der Waals surface area contributed by atoms with Crippen molar-refractivity contribution in [3.05, 3.63) is 28.6 Å². The zero-order valence-electron chi connectivity index (χ0n) is 8.06. The Bertz CT molecular complexity index is 393. The second kappa shape index (κ2) is 4.42. The molecule has 0 saturated carbocycles. The lowest BCUT2D eigenvalue weighted by Gasteiger charge is -1.90. The van der Waals surface area contributed by atoms with Crippen LogP contribution >= 0.6 is 15.9 Å². The summed E-state index contributed by atoms with van der Waals surface area (Å²) >= 11 is 3.31.